The van der Waals surface area contributed by atoms with Crippen molar-refractivity contribution in [1.82, 2.24) is 14.1 Å². The number of sulfonamides is 1. The van der Waals surface area contributed by atoms with E-state index in [0.29, 0.717) is 31.2 Å². The van der Waals surface area contributed by atoms with Gasteiger partial charge in [-0.2, -0.15) is 4.31 Å². The van der Waals surface area contributed by atoms with Crippen molar-refractivity contribution in [1.29, 1.82) is 0 Å². The molecular formula is C15H20ClN3O3S. The van der Waals surface area contributed by atoms with Gasteiger partial charge in [-0.3, -0.25) is 9.69 Å². The van der Waals surface area contributed by atoms with Crippen LogP contribution in [-0.2, 0) is 14.8 Å². The molecule has 2 heterocycles. The van der Waals surface area contributed by atoms with Crippen molar-refractivity contribution in [3.8, 4) is 0 Å². The van der Waals surface area contributed by atoms with Crippen molar-refractivity contribution in [3.63, 3.8) is 0 Å². The lowest BCUT2D eigenvalue weighted by molar-refractivity contribution is -0.131. The zero-order valence-corrected chi connectivity index (χ0v) is 14.6. The largest absolute Gasteiger partial charge is 0.344 e. The van der Waals surface area contributed by atoms with Crippen LogP contribution in [-0.4, -0.2) is 74.2 Å². The molecule has 0 aromatic heterocycles. The average Bonchev–Trinajstić information content (AvgIpc) is 2.87. The van der Waals surface area contributed by atoms with Gasteiger partial charge in [-0.1, -0.05) is 11.6 Å². The summed E-state index contributed by atoms with van der Waals surface area (Å²) in [5, 5.41) is 0.512. The molecule has 2 aliphatic heterocycles. The van der Waals surface area contributed by atoms with Crippen LogP contribution in [0.15, 0.2) is 29.2 Å². The van der Waals surface area contributed by atoms with Gasteiger partial charge < -0.3 is 4.90 Å². The Morgan fingerprint density at radius 3 is 2.17 bits per heavy atom. The highest BCUT2D eigenvalue weighted by Crippen LogP contribution is 2.22. The molecular weight excluding hydrogens is 338 g/mol. The van der Waals surface area contributed by atoms with Gasteiger partial charge in [-0.15, -0.1) is 0 Å². The Morgan fingerprint density at radius 1 is 1.04 bits per heavy atom. The number of halogens is 1. The first-order valence-electron chi connectivity index (χ1n) is 7.64. The van der Waals surface area contributed by atoms with E-state index in [2.05, 4.69) is 4.90 Å². The van der Waals surface area contributed by atoms with Gasteiger partial charge in [0.15, 0.2) is 0 Å². The summed E-state index contributed by atoms with van der Waals surface area (Å²) >= 11 is 5.81. The van der Waals surface area contributed by atoms with E-state index in [0.717, 1.165) is 13.0 Å². The molecule has 0 radical (unpaired) electrons. The van der Waals surface area contributed by atoms with E-state index in [1.165, 1.54) is 16.4 Å². The van der Waals surface area contributed by atoms with E-state index >= 15 is 0 Å². The third kappa shape index (κ3) is 3.24. The topological polar surface area (TPSA) is 60.9 Å². The molecule has 8 heteroatoms. The van der Waals surface area contributed by atoms with Crippen molar-refractivity contribution in [2.45, 2.75) is 17.4 Å². The van der Waals surface area contributed by atoms with Crippen molar-refractivity contribution in [2.24, 2.45) is 0 Å². The van der Waals surface area contributed by atoms with Crippen LogP contribution >= 0.6 is 11.6 Å². The summed E-state index contributed by atoms with van der Waals surface area (Å²) in [7, 11) is -1.69. The summed E-state index contributed by atoms with van der Waals surface area (Å²) in [5.74, 6) is 0.138. The van der Waals surface area contributed by atoms with Crippen LogP contribution in [0.5, 0.6) is 0 Å². The van der Waals surface area contributed by atoms with Crippen LogP contribution in [0, 0.1) is 0 Å². The number of likely N-dealkylation sites (tertiary alicyclic amines) is 1. The maximum atomic E-state index is 12.6. The first kappa shape index (κ1) is 16.7. The number of nitrogens with zero attached hydrogens (tertiary/aromatic N) is 3. The summed E-state index contributed by atoms with van der Waals surface area (Å²) in [6, 6.07) is 6.12. The van der Waals surface area contributed by atoms with Gasteiger partial charge in [0.05, 0.1) is 10.9 Å². The fourth-order valence-corrected chi connectivity index (χ4v) is 4.70. The lowest BCUT2D eigenvalue weighted by Crippen LogP contribution is -2.53. The number of likely N-dealkylation sites (N-methyl/N-ethyl adjacent to an activating group) is 1. The molecule has 2 saturated heterocycles. The number of piperazine rings is 1. The molecule has 1 aromatic rings. The molecule has 0 saturated carbocycles. The van der Waals surface area contributed by atoms with Crippen LogP contribution in [0.2, 0.25) is 5.02 Å². The van der Waals surface area contributed by atoms with Gasteiger partial charge in [-0.25, -0.2) is 8.42 Å². The minimum atomic E-state index is -3.50. The van der Waals surface area contributed by atoms with Crippen molar-refractivity contribution in [2.75, 3.05) is 39.8 Å². The highest BCUT2D eigenvalue weighted by molar-refractivity contribution is 7.89. The van der Waals surface area contributed by atoms with Gasteiger partial charge in [0.2, 0.25) is 15.9 Å². The molecule has 126 valence electrons. The van der Waals surface area contributed by atoms with E-state index in [1.807, 2.05) is 7.05 Å². The molecule has 0 aliphatic carbocycles. The number of rotatable bonds is 3. The second-order valence-electron chi connectivity index (χ2n) is 5.96. The maximum Gasteiger partial charge on any atom is 0.243 e. The zero-order chi connectivity index (χ0) is 16.6. The number of hydrogen-bond acceptors (Lipinski definition) is 4. The molecule has 2 fully saturated rings. The average molecular weight is 358 g/mol. The SMILES string of the molecule is CN1CCC(N2CCN(S(=O)(=O)c3ccc(Cl)cc3)CC2)C1=O. The van der Waals surface area contributed by atoms with E-state index in [1.54, 1.807) is 17.0 Å². The van der Waals surface area contributed by atoms with Gasteiger partial charge in [0.25, 0.3) is 0 Å². The van der Waals surface area contributed by atoms with Crippen LogP contribution in [0.3, 0.4) is 0 Å². The second kappa shape index (κ2) is 6.39. The third-order valence-corrected chi connectivity index (χ3v) is 6.73. The van der Waals surface area contributed by atoms with Crippen LogP contribution in [0.4, 0.5) is 0 Å². The number of hydrogen-bond donors (Lipinski definition) is 0. The Kier molecular flexibility index (Phi) is 4.64. The maximum absolute atomic E-state index is 12.6. The number of carbonyl (C=O) groups excluding carboxylic acids is 1. The van der Waals surface area contributed by atoms with Crippen molar-refractivity contribution in [3.05, 3.63) is 29.3 Å². The lowest BCUT2D eigenvalue weighted by Gasteiger charge is -2.36. The Labute approximate surface area is 141 Å². The molecule has 1 amide bonds. The molecule has 0 N–H and O–H groups in total. The molecule has 23 heavy (non-hydrogen) atoms. The molecule has 1 unspecified atom stereocenters. The first-order chi connectivity index (χ1) is 10.9. The molecule has 1 atom stereocenters. The molecule has 3 rings (SSSR count). The fourth-order valence-electron chi connectivity index (χ4n) is 3.15. The first-order valence-corrected chi connectivity index (χ1v) is 9.46. The molecule has 0 bridgehead atoms. The third-order valence-electron chi connectivity index (χ3n) is 4.56. The van der Waals surface area contributed by atoms with Crippen LogP contribution < -0.4 is 0 Å². The van der Waals surface area contributed by atoms with Gasteiger partial charge in [0.1, 0.15) is 0 Å². The van der Waals surface area contributed by atoms with E-state index in [-0.39, 0.29) is 16.8 Å². The number of amides is 1. The fraction of sp³-hybridized carbons (Fsp3) is 0.533. The summed E-state index contributed by atoms with van der Waals surface area (Å²) in [6.45, 7) is 2.73. The molecule has 2 aliphatic rings. The summed E-state index contributed by atoms with van der Waals surface area (Å²) < 4.78 is 26.7. The Balaban J connectivity index is 1.67. The van der Waals surface area contributed by atoms with E-state index < -0.39 is 10.0 Å². The standard InChI is InChI=1S/C15H20ClN3O3S/c1-17-7-6-14(15(17)20)18-8-10-19(11-9-18)23(21,22)13-4-2-12(16)3-5-13/h2-5,14H,6-11H2,1H3. The minimum absolute atomic E-state index is 0.0969. The molecule has 6 nitrogen and oxygen atoms in total. The highest BCUT2D eigenvalue weighted by atomic mass is 35.5. The number of benzene rings is 1. The van der Waals surface area contributed by atoms with Crippen molar-refractivity contribution < 1.29 is 13.2 Å². The monoisotopic (exact) mass is 357 g/mol. The Bertz CT molecular complexity index is 684. The van der Waals surface area contributed by atoms with Gasteiger partial charge >= 0.3 is 0 Å². The molecule has 1 aromatic carbocycles. The smallest absolute Gasteiger partial charge is 0.243 e. The van der Waals surface area contributed by atoms with Gasteiger partial charge in [0, 0.05) is 44.8 Å². The normalized spacial score (nSPS) is 24.3. The summed E-state index contributed by atoms with van der Waals surface area (Å²) in [4.78, 5) is 16.2. The minimum Gasteiger partial charge on any atom is -0.344 e. The van der Waals surface area contributed by atoms with Crippen LogP contribution in [0.1, 0.15) is 6.42 Å². The van der Waals surface area contributed by atoms with Gasteiger partial charge in [-0.05, 0) is 30.7 Å². The quantitative estimate of drug-likeness (QED) is 0.805. The Morgan fingerprint density at radius 2 is 1.65 bits per heavy atom. The zero-order valence-electron chi connectivity index (χ0n) is 13.0. The number of carbonyl (C=O) groups is 1. The van der Waals surface area contributed by atoms with Crippen molar-refractivity contribution >= 4 is 27.5 Å². The summed E-state index contributed by atoms with van der Waals surface area (Å²) in [5.41, 5.74) is 0. The summed E-state index contributed by atoms with van der Waals surface area (Å²) in [6.07, 6.45) is 0.819. The van der Waals surface area contributed by atoms with E-state index in [4.69, 9.17) is 11.6 Å². The second-order valence-corrected chi connectivity index (χ2v) is 8.33. The lowest BCUT2D eigenvalue weighted by atomic mass is 10.2. The Hall–Kier alpha value is -1.15. The van der Waals surface area contributed by atoms with Crippen LogP contribution in [0.25, 0.3) is 0 Å². The van der Waals surface area contributed by atoms with E-state index in [9.17, 15) is 13.2 Å². The highest BCUT2D eigenvalue weighted by Gasteiger charge is 2.37. The predicted molar refractivity (Wildman–Crippen MR) is 87.8 cm³/mol. The molecule has 0 spiro atoms. The predicted octanol–water partition coefficient (Wildman–Crippen LogP) is 0.877.